The number of likely N-dealkylation sites (tertiary alicyclic amines) is 1. The largest absolute Gasteiger partial charge is 0.507 e. The van der Waals surface area contributed by atoms with Crippen LogP contribution in [-0.2, 0) is 19.7 Å². The van der Waals surface area contributed by atoms with E-state index in [2.05, 4.69) is 25.7 Å². The molecule has 0 spiro atoms. The van der Waals surface area contributed by atoms with E-state index in [0.717, 1.165) is 42.0 Å². The normalized spacial score (nSPS) is 20.2. The molecule has 2 fully saturated rings. The minimum Gasteiger partial charge on any atom is -0.507 e. The van der Waals surface area contributed by atoms with Crippen LogP contribution in [0.3, 0.4) is 0 Å². The number of morpholine rings is 1. The van der Waals surface area contributed by atoms with Crippen LogP contribution in [0, 0.1) is 6.92 Å². The molecule has 4 rings (SSSR count). The molecule has 2 saturated heterocycles. The molecule has 0 aliphatic carbocycles. The molecular formula is C31H40N2O5. The Kier molecular flexibility index (Phi) is 8.58. The van der Waals surface area contributed by atoms with Gasteiger partial charge >= 0.3 is 0 Å². The van der Waals surface area contributed by atoms with E-state index >= 15 is 0 Å². The second kappa shape index (κ2) is 11.7. The number of ketones is 1. The van der Waals surface area contributed by atoms with Gasteiger partial charge in [0.05, 0.1) is 31.4 Å². The molecule has 1 atom stereocenters. The molecule has 1 amide bonds. The predicted molar refractivity (Wildman–Crippen MR) is 148 cm³/mol. The molecule has 0 radical (unpaired) electrons. The number of hydrogen-bond donors (Lipinski definition) is 1. The molecule has 0 aromatic heterocycles. The highest BCUT2D eigenvalue weighted by Crippen LogP contribution is 2.40. The summed E-state index contributed by atoms with van der Waals surface area (Å²) in [7, 11) is 0. The van der Waals surface area contributed by atoms with Crippen LogP contribution in [0.2, 0.25) is 0 Å². The maximum Gasteiger partial charge on any atom is 0.295 e. The Balaban J connectivity index is 1.73. The average Bonchev–Trinajstić information content (AvgIpc) is 3.16. The van der Waals surface area contributed by atoms with Crippen molar-refractivity contribution in [1.82, 2.24) is 9.80 Å². The number of aryl methyl sites for hydroxylation is 1. The molecule has 2 aromatic carbocycles. The quantitative estimate of drug-likeness (QED) is 0.305. The van der Waals surface area contributed by atoms with Crippen LogP contribution in [-0.4, -0.2) is 72.6 Å². The van der Waals surface area contributed by atoms with E-state index in [-0.39, 0.29) is 16.7 Å². The van der Waals surface area contributed by atoms with Gasteiger partial charge in [-0.15, -0.1) is 0 Å². The molecule has 0 saturated carbocycles. The van der Waals surface area contributed by atoms with Gasteiger partial charge in [0, 0.05) is 31.7 Å². The highest BCUT2D eigenvalue weighted by atomic mass is 16.5. The van der Waals surface area contributed by atoms with Crippen molar-refractivity contribution in [3.05, 3.63) is 70.3 Å². The molecule has 0 unspecified atom stereocenters. The first-order valence-electron chi connectivity index (χ1n) is 13.5. The van der Waals surface area contributed by atoms with Crippen LogP contribution in [0.25, 0.3) is 5.76 Å². The van der Waals surface area contributed by atoms with E-state index in [4.69, 9.17) is 9.47 Å². The van der Waals surface area contributed by atoms with Crippen molar-refractivity contribution >= 4 is 17.4 Å². The van der Waals surface area contributed by atoms with Gasteiger partial charge in [-0.1, -0.05) is 52.0 Å². The summed E-state index contributed by atoms with van der Waals surface area (Å²) in [5, 5.41) is 11.5. The van der Waals surface area contributed by atoms with Gasteiger partial charge in [-0.2, -0.15) is 0 Å². The monoisotopic (exact) mass is 520 g/mol. The maximum absolute atomic E-state index is 13.4. The number of Topliss-reactive ketones (excluding diaryl/α,β-unsaturated/α-hetero) is 1. The van der Waals surface area contributed by atoms with Gasteiger partial charge in [-0.05, 0) is 53.6 Å². The van der Waals surface area contributed by atoms with Gasteiger partial charge in [0.25, 0.3) is 11.7 Å². The SMILES string of the molecule is CCCOc1ccc(C(O)=C2C(=O)C(=O)N(CCN3CCOCC3)[C@@H]2c2ccc(C(C)(C)C)cc2)cc1C. The van der Waals surface area contributed by atoms with E-state index in [1.807, 2.05) is 44.2 Å². The van der Waals surface area contributed by atoms with E-state index < -0.39 is 17.7 Å². The molecule has 38 heavy (non-hydrogen) atoms. The number of carbonyl (C=O) groups is 2. The van der Waals surface area contributed by atoms with Crippen LogP contribution < -0.4 is 4.74 Å². The summed E-state index contributed by atoms with van der Waals surface area (Å²) >= 11 is 0. The average molecular weight is 521 g/mol. The lowest BCUT2D eigenvalue weighted by Gasteiger charge is -2.31. The Morgan fingerprint density at radius 2 is 1.74 bits per heavy atom. The smallest absolute Gasteiger partial charge is 0.295 e. The molecule has 7 heteroatoms. The molecule has 7 nitrogen and oxygen atoms in total. The van der Waals surface area contributed by atoms with Crippen LogP contribution >= 0.6 is 0 Å². The minimum absolute atomic E-state index is 0.0320. The number of benzene rings is 2. The van der Waals surface area contributed by atoms with E-state index in [9.17, 15) is 14.7 Å². The first-order chi connectivity index (χ1) is 18.1. The summed E-state index contributed by atoms with van der Waals surface area (Å²) in [5.74, 6) is -0.654. The van der Waals surface area contributed by atoms with E-state index in [1.165, 1.54) is 0 Å². The minimum atomic E-state index is -0.665. The lowest BCUT2D eigenvalue weighted by molar-refractivity contribution is -0.140. The molecule has 2 heterocycles. The number of nitrogens with zero attached hydrogens (tertiary/aromatic N) is 2. The second-order valence-corrected chi connectivity index (χ2v) is 11.1. The number of ether oxygens (including phenoxy) is 2. The van der Waals surface area contributed by atoms with E-state index in [1.54, 1.807) is 17.0 Å². The Hall–Kier alpha value is -3.16. The first-order valence-corrected chi connectivity index (χ1v) is 13.5. The highest BCUT2D eigenvalue weighted by Gasteiger charge is 2.46. The van der Waals surface area contributed by atoms with Gasteiger partial charge in [-0.25, -0.2) is 0 Å². The van der Waals surface area contributed by atoms with Crippen molar-refractivity contribution in [3.63, 3.8) is 0 Å². The van der Waals surface area contributed by atoms with Crippen molar-refractivity contribution in [3.8, 4) is 5.75 Å². The number of amides is 1. The Labute approximate surface area is 226 Å². The summed E-state index contributed by atoms with van der Waals surface area (Å²) in [4.78, 5) is 30.6. The van der Waals surface area contributed by atoms with Crippen molar-refractivity contribution < 1.29 is 24.2 Å². The zero-order valence-electron chi connectivity index (χ0n) is 23.3. The van der Waals surface area contributed by atoms with Crippen molar-refractivity contribution in [1.29, 1.82) is 0 Å². The van der Waals surface area contributed by atoms with Crippen LogP contribution in [0.15, 0.2) is 48.0 Å². The summed E-state index contributed by atoms with van der Waals surface area (Å²) in [6.45, 7) is 14.9. The number of aliphatic hydroxyl groups is 1. The third kappa shape index (κ3) is 5.94. The molecular weight excluding hydrogens is 480 g/mol. The Bertz CT molecular complexity index is 1190. The number of rotatable bonds is 8. The third-order valence-corrected chi connectivity index (χ3v) is 7.30. The van der Waals surface area contributed by atoms with E-state index in [0.29, 0.717) is 38.5 Å². The topological polar surface area (TPSA) is 79.3 Å². The number of hydrogen-bond acceptors (Lipinski definition) is 6. The lowest BCUT2D eigenvalue weighted by Crippen LogP contribution is -2.42. The van der Waals surface area contributed by atoms with Crippen molar-refractivity contribution in [2.45, 2.75) is 52.5 Å². The summed E-state index contributed by atoms with van der Waals surface area (Å²) < 4.78 is 11.2. The van der Waals surface area contributed by atoms with Gasteiger partial charge in [0.1, 0.15) is 11.5 Å². The third-order valence-electron chi connectivity index (χ3n) is 7.30. The molecule has 0 bridgehead atoms. The lowest BCUT2D eigenvalue weighted by atomic mass is 9.85. The van der Waals surface area contributed by atoms with Crippen LogP contribution in [0.4, 0.5) is 0 Å². The maximum atomic E-state index is 13.4. The van der Waals surface area contributed by atoms with Gasteiger partial charge in [0.15, 0.2) is 0 Å². The Morgan fingerprint density at radius 1 is 1.05 bits per heavy atom. The summed E-state index contributed by atoms with van der Waals surface area (Å²) in [5.41, 5.74) is 3.41. The zero-order valence-corrected chi connectivity index (χ0v) is 23.3. The van der Waals surface area contributed by atoms with Crippen molar-refractivity contribution in [2.24, 2.45) is 0 Å². The van der Waals surface area contributed by atoms with Gasteiger partial charge < -0.3 is 19.5 Å². The first kappa shape index (κ1) is 27.9. The van der Waals surface area contributed by atoms with Crippen LogP contribution in [0.5, 0.6) is 5.75 Å². The molecule has 204 valence electrons. The zero-order chi connectivity index (χ0) is 27.4. The second-order valence-electron chi connectivity index (χ2n) is 11.1. The number of aliphatic hydroxyl groups excluding tert-OH is 1. The molecule has 2 aliphatic rings. The molecule has 2 aliphatic heterocycles. The van der Waals surface area contributed by atoms with Gasteiger partial charge in [-0.3, -0.25) is 14.5 Å². The standard InChI is InChI=1S/C31H40N2O5/c1-6-17-38-25-12-9-23(20-21(25)2)28(34)26-27(22-7-10-24(11-8-22)31(3,4)5)33(30(36)29(26)35)14-13-32-15-18-37-19-16-32/h7-12,20,27,34H,6,13-19H2,1-5H3/t27-/m1/s1. The summed E-state index contributed by atoms with van der Waals surface area (Å²) in [6, 6.07) is 12.7. The van der Waals surface area contributed by atoms with Crippen molar-refractivity contribution in [2.75, 3.05) is 46.0 Å². The molecule has 1 N–H and O–H groups in total. The highest BCUT2D eigenvalue weighted by molar-refractivity contribution is 6.46. The van der Waals surface area contributed by atoms with Gasteiger partial charge in [0.2, 0.25) is 0 Å². The molecule has 2 aromatic rings. The number of carbonyl (C=O) groups excluding carboxylic acids is 2. The fraction of sp³-hybridized carbons (Fsp3) is 0.484. The van der Waals surface area contributed by atoms with Crippen LogP contribution in [0.1, 0.15) is 62.4 Å². The fourth-order valence-electron chi connectivity index (χ4n) is 5.02. The Morgan fingerprint density at radius 3 is 2.34 bits per heavy atom. The predicted octanol–water partition coefficient (Wildman–Crippen LogP) is 4.84. The fourth-order valence-corrected chi connectivity index (χ4v) is 5.02. The summed E-state index contributed by atoms with van der Waals surface area (Å²) in [6.07, 6.45) is 0.892.